The van der Waals surface area contributed by atoms with Crippen LogP contribution in [0.2, 0.25) is 5.02 Å². The maximum absolute atomic E-state index is 12.8. The third-order valence-electron chi connectivity index (χ3n) is 5.25. The van der Waals surface area contributed by atoms with Gasteiger partial charge in [-0.25, -0.2) is 19.0 Å². The Balaban J connectivity index is 1.50. The molecule has 3 N–H and O–H groups in total. The van der Waals surface area contributed by atoms with E-state index in [2.05, 4.69) is 25.3 Å². The van der Waals surface area contributed by atoms with Gasteiger partial charge in [0.15, 0.2) is 0 Å². The lowest BCUT2D eigenvalue weighted by Gasteiger charge is -2.14. The van der Waals surface area contributed by atoms with Gasteiger partial charge < -0.3 is 15.0 Å². The maximum Gasteiger partial charge on any atom is 0.227 e. The van der Waals surface area contributed by atoms with Gasteiger partial charge in [0.2, 0.25) is 5.95 Å². The lowest BCUT2D eigenvalue weighted by molar-refractivity contribution is 0.415. The van der Waals surface area contributed by atoms with Crippen molar-refractivity contribution in [1.29, 1.82) is 4.78 Å². The molecule has 1 fully saturated rings. The van der Waals surface area contributed by atoms with Gasteiger partial charge in [0.05, 0.1) is 56.0 Å². The lowest BCUT2D eigenvalue weighted by atomic mass is 10.1. The number of halogens is 1. The van der Waals surface area contributed by atoms with Crippen LogP contribution in [0.4, 0.5) is 11.6 Å². The molecule has 4 aromatic rings. The van der Waals surface area contributed by atoms with Crippen LogP contribution in [0.5, 0.6) is 5.75 Å². The molecule has 1 aliphatic carbocycles. The second-order valence-electron chi connectivity index (χ2n) is 7.30. The van der Waals surface area contributed by atoms with E-state index in [4.69, 9.17) is 21.1 Å². The zero-order valence-corrected chi connectivity index (χ0v) is 18.1. The van der Waals surface area contributed by atoms with E-state index in [9.17, 15) is 4.21 Å². The molecule has 0 spiro atoms. The van der Waals surface area contributed by atoms with Gasteiger partial charge in [0.1, 0.15) is 5.75 Å². The summed E-state index contributed by atoms with van der Waals surface area (Å²) in [6.45, 7) is 0. The summed E-state index contributed by atoms with van der Waals surface area (Å²) in [5.74, 6) is 0.805. The number of rotatable bonds is 6. The molecule has 0 saturated heterocycles. The van der Waals surface area contributed by atoms with Crippen molar-refractivity contribution in [3.63, 3.8) is 0 Å². The molecule has 3 heterocycles. The van der Waals surface area contributed by atoms with Gasteiger partial charge in [-0.15, -0.1) is 0 Å². The largest absolute Gasteiger partial charge is 0.495 e. The number of fused-ring (bicyclic) bond motifs is 1. The number of aromatic amines is 1. The number of ether oxygens (including phenoxy) is 1. The molecule has 1 atom stereocenters. The number of aromatic nitrogens is 4. The van der Waals surface area contributed by atoms with E-state index in [1.807, 2.05) is 12.3 Å². The lowest BCUT2D eigenvalue weighted by Crippen LogP contribution is -2.06. The molecule has 8 nitrogen and oxygen atoms in total. The summed E-state index contributed by atoms with van der Waals surface area (Å²) in [5.41, 5.74) is 2.91. The Morgan fingerprint density at radius 3 is 2.90 bits per heavy atom. The minimum absolute atomic E-state index is 0.0652. The topological polar surface area (TPSA) is 117 Å². The van der Waals surface area contributed by atoms with Crippen molar-refractivity contribution in [1.82, 2.24) is 19.9 Å². The number of nitrogens with one attached hydrogen (secondary N) is 3. The first kappa shape index (κ1) is 19.8. The Hall–Kier alpha value is -3.17. The smallest absolute Gasteiger partial charge is 0.227 e. The molecular formula is C21H19ClN6O2S. The summed E-state index contributed by atoms with van der Waals surface area (Å²) in [6.07, 6.45) is 8.49. The molecule has 0 amide bonds. The second-order valence-corrected chi connectivity index (χ2v) is 10.0. The van der Waals surface area contributed by atoms with Crippen molar-refractivity contribution < 1.29 is 8.95 Å². The average molecular weight is 455 g/mol. The van der Waals surface area contributed by atoms with E-state index in [1.54, 1.807) is 30.6 Å². The number of anilines is 2. The second kappa shape index (κ2) is 7.51. The summed E-state index contributed by atoms with van der Waals surface area (Å²) in [6, 6.07) is 6.98. The monoisotopic (exact) mass is 454 g/mol. The number of pyridine rings is 1. The van der Waals surface area contributed by atoms with Crippen molar-refractivity contribution in [3.05, 3.63) is 54.1 Å². The van der Waals surface area contributed by atoms with Crippen LogP contribution in [-0.4, -0.2) is 36.5 Å². The van der Waals surface area contributed by atoms with Gasteiger partial charge in [-0.05, 0) is 37.1 Å². The minimum atomic E-state index is -2.82. The molecule has 10 heteroatoms. The molecule has 1 unspecified atom stereocenters. The summed E-state index contributed by atoms with van der Waals surface area (Å²) in [4.78, 5) is 16.6. The number of benzene rings is 1. The Labute approximate surface area is 184 Å². The minimum Gasteiger partial charge on any atom is -0.495 e. The molecule has 0 aliphatic heterocycles. The van der Waals surface area contributed by atoms with Gasteiger partial charge in [-0.1, -0.05) is 11.6 Å². The van der Waals surface area contributed by atoms with Crippen molar-refractivity contribution in [2.75, 3.05) is 12.4 Å². The highest BCUT2D eigenvalue weighted by atomic mass is 35.5. The summed E-state index contributed by atoms with van der Waals surface area (Å²) in [5, 5.41) is 4.45. The third-order valence-corrected chi connectivity index (χ3v) is 7.89. The number of hydrogen-bond donors (Lipinski definition) is 3. The van der Waals surface area contributed by atoms with E-state index >= 15 is 0 Å². The average Bonchev–Trinajstić information content (AvgIpc) is 3.56. The van der Waals surface area contributed by atoms with Crippen LogP contribution in [0.3, 0.4) is 0 Å². The molecule has 1 saturated carbocycles. The molecule has 158 valence electrons. The Bertz CT molecular complexity index is 1400. The summed E-state index contributed by atoms with van der Waals surface area (Å²) in [7, 11) is -1.29. The van der Waals surface area contributed by atoms with Gasteiger partial charge in [-0.3, -0.25) is 4.98 Å². The van der Waals surface area contributed by atoms with Gasteiger partial charge in [-0.2, -0.15) is 0 Å². The van der Waals surface area contributed by atoms with Crippen LogP contribution in [-0.2, 0) is 9.73 Å². The van der Waals surface area contributed by atoms with Crippen LogP contribution >= 0.6 is 11.6 Å². The quantitative estimate of drug-likeness (QED) is 0.377. The highest BCUT2D eigenvalue weighted by Crippen LogP contribution is 2.38. The van der Waals surface area contributed by atoms with E-state index in [0.717, 1.165) is 29.3 Å². The van der Waals surface area contributed by atoms with Crippen LogP contribution in [0.15, 0.2) is 53.9 Å². The van der Waals surface area contributed by atoms with Gasteiger partial charge >= 0.3 is 0 Å². The molecule has 31 heavy (non-hydrogen) atoms. The van der Waals surface area contributed by atoms with E-state index in [-0.39, 0.29) is 5.25 Å². The highest BCUT2D eigenvalue weighted by molar-refractivity contribution is 7.93. The normalized spacial score (nSPS) is 15.5. The fraction of sp³-hybridized carbons (Fsp3) is 0.190. The highest BCUT2D eigenvalue weighted by Gasteiger charge is 2.34. The van der Waals surface area contributed by atoms with E-state index < -0.39 is 9.73 Å². The van der Waals surface area contributed by atoms with Crippen LogP contribution < -0.4 is 10.1 Å². The Morgan fingerprint density at radius 1 is 1.29 bits per heavy atom. The van der Waals surface area contributed by atoms with Crippen molar-refractivity contribution in [2.24, 2.45) is 0 Å². The first-order chi connectivity index (χ1) is 15.0. The first-order valence-corrected chi connectivity index (χ1v) is 11.6. The van der Waals surface area contributed by atoms with Gasteiger partial charge in [0.25, 0.3) is 0 Å². The van der Waals surface area contributed by atoms with E-state index in [0.29, 0.717) is 33.0 Å². The molecular weight excluding hydrogens is 436 g/mol. The molecule has 1 aliphatic rings. The fourth-order valence-electron chi connectivity index (χ4n) is 3.46. The fourth-order valence-corrected chi connectivity index (χ4v) is 5.39. The zero-order valence-electron chi connectivity index (χ0n) is 16.6. The Kier molecular flexibility index (Phi) is 4.79. The molecule has 0 bridgehead atoms. The third kappa shape index (κ3) is 3.60. The summed E-state index contributed by atoms with van der Waals surface area (Å²) < 4.78 is 26.5. The van der Waals surface area contributed by atoms with Crippen LogP contribution in [0.1, 0.15) is 12.8 Å². The van der Waals surface area contributed by atoms with Crippen LogP contribution in [0, 0.1) is 4.78 Å². The molecule has 0 radical (unpaired) electrons. The van der Waals surface area contributed by atoms with Crippen molar-refractivity contribution in [2.45, 2.75) is 23.0 Å². The standard InChI is InChI=1S/C21H19ClN6O2S/c1-30-19-8-13(31(23,29)12-2-3-12)4-5-17(19)27-21-26-10-16(22)20(28-21)15-9-25-18-11-24-7-6-14(15)18/h4-12,23,25H,2-3H2,1H3,(H,26,27,28). The van der Waals surface area contributed by atoms with E-state index in [1.165, 1.54) is 13.3 Å². The molecule has 5 rings (SSSR count). The zero-order chi connectivity index (χ0) is 21.6. The molecule has 1 aromatic carbocycles. The number of nitrogens with zero attached hydrogens (tertiary/aromatic N) is 3. The number of hydrogen-bond acceptors (Lipinski definition) is 7. The predicted molar refractivity (Wildman–Crippen MR) is 121 cm³/mol. The summed E-state index contributed by atoms with van der Waals surface area (Å²) >= 11 is 6.40. The molecule has 3 aromatic heterocycles. The SMILES string of the molecule is COc1cc(S(=N)(=O)C2CC2)ccc1Nc1ncc(Cl)c(-c2c[nH]c3cnccc23)n1. The number of H-pyrrole nitrogens is 1. The van der Waals surface area contributed by atoms with Crippen molar-refractivity contribution >= 4 is 43.9 Å². The van der Waals surface area contributed by atoms with Crippen LogP contribution in [0.25, 0.3) is 22.2 Å². The van der Waals surface area contributed by atoms with Gasteiger partial charge in [0, 0.05) is 28.6 Å². The number of methoxy groups -OCH3 is 1. The van der Waals surface area contributed by atoms with Crippen molar-refractivity contribution in [3.8, 4) is 17.0 Å². The first-order valence-electron chi connectivity index (χ1n) is 9.64. The maximum atomic E-state index is 12.8. The predicted octanol–water partition coefficient (Wildman–Crippen LogP) is 4.99. The Morgan fingerprint density at radius 2 is 2.13 bits per heavy atom.